The topological polar surface area (TPSA) is 84.6 Å². The van der Waals surface area contributed by atoms with Crippen molar-refractivity contribution in [3.05, 3.63) is 29.8 Å². The summed E-state index contributed by atoms with van der Waals surface area (Å²) in [6.45, 7) is 0.317. The van der Waals surface area contributed by atoms with E-state index in [9.17, 15) is 4.79 Å². The highest BCUT2D eigenvalue weighted by molar-refractivity contribution is 5.70. The molecule has 0 aromatic heterocycles. The van der Waals surface area contributed by atoms with Crippen molar-refractivity contribution < 1.29 is 14.6 Å². The molecule has 80 valence electrons. The maximum absolute atomic E-state index is 11.0. The van der Waals surface area contributed by atoms with Crippen LogP contribution < -0.4 is 11.1 Å². The van der Waals surface area contributed by atoms with Gasteiger partial charge in [-0.1, -0.05) is 12.1 Å². The minimum Gasteiger partial charge on any atom is -0.508 e. The number of rotatable bonds is 2. The average molecular weight is 208 g/mol. The lowest BCUT2D eigenvalue weighted by Gasteiger charge is -2.15. The number of nitrogens with one attached hydrogen (secondary N) is 1. The highest BCUT2D eigenvalue weighted by Gasteiger charge is 2.33. The van der Waals surface area contributed by atoms with Gasteiger partial charge in [-0.2, -0.15) is 0 Å². The lowest BCUT2D eigenvalue weighted by molar-refractivity contribution is 0.133. The van der Waals surface area contributed by atoms with Crippen LogP contribution in [0.1, 0.15) is 11.7 Å². The number of carbonyl (C=O) groups is 1. The monoisotopic (exact) mass is 208 g/mol. The molecule has 5 nitrogen and oxygen atoms in total. The summed E-state index contributed by atoms with van der Waals surface area (Å²) >= 11 is 0. The standard InChI is InChI=1S/C10H12N2O3/c11-5-8-9(15-10(14)12-8)6-1-3-7(13)4-2-6/h1-4,8-9,13H,5,11H2,(H,12,14). The molecule has 0 spiro atoms. The third-order valence-electron chi connectivity index (χ3n) is 2.38. The molecule has 1 aliphatic heterocycles. The fourth-order valence-corrected chi connectivity index (χ4v) is 1.61. The molecule has 2 unspecified atom stereocenters. The molecule has 5 heteroatoms. The molecule has 4 N–H and O–H groups in total. The third kappa shape index (κ3) is 1.87. The number of carbonyl (C=O) groups excluding carboxylic acids is 1. The number of benzene rings is 1. The molecule has 2 rings (SSSR count). The smallest absolute Gasteiger partial charge is 0.408 e. The summed E-state index contributed by atoms with van der Waals surface area (Å²) < 4.78 is 5.08. The number of phenols is 1. The lowest BCUT2D eigenvalue weighted by Crippen LogP contribution is -2.35. The van der Waals surface area contributed by atoms with Crippen molar-refractivity contribution in [2.75, 3.05) is 6.54 Å². The summed E-state index contributed by atoms with van der Waals surface area (Å²) in [6, 6.07) is 6.32. The number of aromatic hydroxyl groups is 1. The summed E-state index contributed by atoms with van der Waals surface area (Å²) in [5.41, 5.74) is 6.33. The van der Waals surface area contributed by atoms with Crippen LogP contribution in [0, 0.1) is 0 Å². The van der Waals surface area contributed by atoms with Crippen molar-refractivity contribution in [2.24, 2.45) is 5.73 Å². The van der Waals surface area contributed by atoms with E-state index in [1.807, 2.05) is 0 Å². The van der Waals surface area contributed by atoms with Crippen molar-refractivity contribution in [3.63, 3.8) is 0 Å². The van der Waals surface area contributed by atoms with Crippen molar-refractivity contribution in [3.8, 4) is 5.75 Å². The Labute approximate surface area is 86.8 Å². The highest BCUT2D eigenvalue weighted by atomic mass is 16.6. The first-order chi connectivity index (χ1) is 7.20. The number of amides is 1. The molecule has 1 saturated heterocycles. The minimum atomic E-state index is -0.455. The van der Waals surface area contributed by atoms with E-state index in [-0.39, 0.29) is 17.9 Å². The molecule has 0 radical (unpaired) electrons. The van der Waals surface area contributed by atoms with Gasteiger partial charge in [0, 0.05) is 6.54 Å². The number of cyclic esters (lactones) is 1. The predicted molar refractivity (Wildman–Crippen MR) is 53.3 cm³/mol. The van der Waals surface area contributed by atoms with E-state index in [4.69, 9.17) is 15.6 Å². The Morgan fingerprint density at radius 1 is 1.40 bits per heavy atom. The first kappa shape index (κ1) is 9.79. The van der Waals surface area contributed by atoms with Gasteiger partial charge in [0.1, 0.15) is 5.75 Å². The largest absolute Gasteiger partial charge is 0.508 e. The van der Waals surface area contributed by atoms with Gasteiger partial charge in [0.2, 0.25) is 0 Å². The Kier molecular flexibility index (Phi) is 2.47. The van der Waals surface area contributed by atoms with E-state index in [1.165, 1.54) is 0 Å². The van der Waals surface area contributed by atoms with E-state index in [2.05, 4.69) is 5.32 Å². The second-order valence-electron chi connectivity index (χ2n) is 3.40. The fourth-order valence-electron chi connectivity index (χ4n) is 1.61. The molecule has 1 aromatic carbocycles. The number of ether oxygens (including phenoxy) is 1. The van der Waals surface area contributed by atoms with Crippen LogP contribution >= 0.6 is 0 Å². The van der Waals surface area contributed by atoms with Crippen LogP contribution in [-0.4, -0.2) is 23.8 Å². The number of phenolic OH excluding ortho intramolecular Hbond substituents is 1. The molecule has 0 saturated carbocycles. The van der Waals surface area contributed by atoms with Gasteiger partial charge in [-0.3, -0.25) is 0 Å². The van der Waals surface area contributed by atoms with Crippen molar-refractivity contribution in [1.82, 2.24) is 5.32 Å². The van der Waals surface area contributed by atoms with Gasteiger partial charge >= 0.3 is 6.09 Å². The van der Waals surface area contributed by atoms with Crippen molar-refractivity contribution in [1.29, 1.82) is 0 Å². The molecule has 1 aromatic rings. The highest BCUT2D eigenvalue weighted by Crippen LogP contribution is 2.26. The first-order valence-corrected chi connectivity index (χ1v) is 4.67. The molecule has 2 atom stereocenters. The zero-order chi connectivity index (χ0) is 10.8. The molecule has 15 heavy (non-hydrogen) atoms. The van der Waals surface area contributed by atoms with E-state index >= 15 is 0 Å². The average Bonchev–Trinajstić information content (AvgIpc) is 2.61. The van der Waals surface area contributed by atoms with Gasteiger partial charge in [0.15, 0.2) is 6.10 Å². The molecule has 0 bridgehead atoms. The van der Waals surface area contributed by atoms with Crippen molar-refractivity contribution >= 4 is 6.09 Å². The van der Waals surface area contributed by atoms with Crippen LogP contribution in [0.4, 0.5) is 4.79 Å². The number of hydrogen-bond acceptors (Lipinski definition) is 4. The Bertz CT molecular complexity index is 363. The van der Waals surface area contributed by atoms with E-state index in [0.717, 1.165) is 5.56 Å². The first-order valence-electron chi connectivity index (χ1n) is 4.67. The van der Waals surface area contributed by atoms with Crippen LogP contribution in [-0.2, 0) is 4.74 Å². The molecule has 1 fully saturated rings. The summed E-state index contributed by atoms with van der Waals surface area (Å²) in [4.78, 5) is 11.0. The Morgan fingerprint density at radius 2 is 2.07 bits per heavy atom. The van der Waals surface area contributed by atoms with Gasteiger partial charge in [-0.25, -0.2) is 4.79 Å². The van der Waals surface area contributed by atoms with Gasteiger partial charge in [-0.05, 0) is 17.7 Å². The molecular weight excluding hydrogens is 196 g/mol. The Morgan fingerprint density at radius 3 is 2.67 bits per heavy atom. The molecule has 1 amide bonds. The SMILES string of the molecule is NCC1NC(=O)OC1c1ccc(O)cc1. The van der Waals surface area contributed by atoms with E-state index in [1.54, 1.807) is 24.3 Å². The summed E-state index contributed by atoms with van der Waals surface area (Å²) in [7, 11) is 0. The second kappa shape index (κ2) is 3.78. The number of alkyl carbamates (subject to hydrolysis) is 1. The molecule has 0 aliphatic carbocycles. The van der Waals surface area contributed by atoms with Crippen LogP contribution in [0.3, 0.4) is 0 Å². The Balaban J connectivity index is 2.22. The molecule has 1 heterocycles. The third-order valence-corrected chi connectivity index (χ3v) is 2.38. The summed E-state index contributed by atoms with van der Waals surface area (Å²) in [6.07, 6.45) is -0.827. The molecule has 1 aliphatic rings. The zero-order valence-electron chi connectivity index (χ0n) is 8.01. The number of hydrogen-bond donors (Lipinski definition) is 3. The zero-order valence-corrected chi connectivity index (χ0v) is 8.01. The summed E-state index contributed by atoms with van der Waals surface area (Å²) in [5, 5.41) is 11.7. The van der Waals surface area contributed by atoms with Crippen LogP contribution in [0.5, 0.6) is 5.75 Å². The van der Waals surface area contributed by atoms with Crippen molar-refractivity contribution in [2.45, 2.75) is 12.1 Å². The maximum Gasteiger partial charge on any atom is 0.408 e. The quantitative estimate of drug-likeness (QED) is 0.660. The fraction of sp³-hybridized carbons (Fsp3) is 0.300. The minimum absolute atomic E-state index is 0.181. The predicted octanol–water partition coefficient (Wildman–Crippen LogP) is 0.500. The second-order valence-corrected chi connectivity index (χ2v) is 3.40. The maximum atomic E-state index is 11.0. The lowest BCUT2D eigenvalue weighted by atomic mass is 10.0. The van der Waals surface area contributed by atoms with Crippen LogP contribution in [0.15, 0.2) is 24.3 Å². The summed E-state index contributed by atoms with van der Waals surface area (Å²) in [5.74, 6) is 0.181. The molecular formula is C10H12N2O3. The van der Waals surface area contributed by atoms with Gasteiger partial charge in [0.25, 0.3) is 0 Å². The van der Waals surface area contributed by atoms with E-state index in [0.29, 0.717) is 6.54 Å². The van der Waals surface area contributed by atoms with Crippen LogP contribution in [0.25, 0.3) is 0 Å². The van der Waals surface area contributed by atoms with Gasteiger partial charge in [-0.15, -0.1) is 0 Å². The van der Waals surface area contributed by atoms with Crippen LogP contribution in [0.2, 0.25) is 0 Å². The van der Waals surface area contributed by atoms with Gasteiger partial charge < -0.3 is 20.9 Å². The Hall–Kier alpha value is -1.75. The van der Waals surface area contributed by atoms with E-state index < -0.39 is 6.09 Å². The normalized spacial score (nSPS) is 24.7. The van der Waals surface area contributed by atoms with Gasteiger partial charge in [0.05, 0.1) is 6.04 Å². The number of nitrogens with two attached hydrogens (primary N) is 1.